The molecule has 1 aliphatic heterocycles. The van der Waals surface area contributed by atoms with Crippen LogP contribution < -0.4 is 5.32 Å². The van der Waals surface area contributed by atoms with Gasteiger partial charge in [0.05, 0.1) is 17.4 Å². The van der Waals surface area contributed by atoms with Crippen molar-refractivity contribution in [3.8, 4) is 0 Å². The minimum Gasteiger partial charge on any atom is -0.396 e. The minimum atomic E-state index is -2.99. The highest BCUT2D eigenvalue weighted by Crippen LogP contribution is 2.47. The summed E-state index contributed by atoms with van der Waals surface area (Å²) in [5.74, 6) is -0.390. The number of carbonyl (C=O) groups excluding carboxylic acids is 1. The number of rotatable bonds is 5. The number of hydrogen-bond acceptors (Lipinski definition) is 4. The van der Waals surface area contributed by atoms with Gasteiger partial charge in [-0.15, -0.1) is 0 Å². The van der Waals surface area contributed by atoms with Gasteiger partial charge in [-0.1, -0.05) is 0 Å². The number of nitrogens with one attached hydrogen (secondary N) is 1. The number of aliphatic hydroxyl groups excluding tert-OH is 1. The third-order valence-corrected chi connectivity index (χ3v) is 5.61. The molecule has 0 aromatic rings. The van der Waals surface area contributed by atoms with Crippen LogP contribution in [-0.4, -0.2) is 44.1 Å². The van der Waals surface area contributed by atoms with Crippen LogP contribution in [0, 0.1) is 11.3 Å². The van der Waals surface area contributed by atoms with Crippen LogP contribution in [0.1, 0.15) is 25.7 Å². The Labute approximate surface area is 102 Å². The number of sulfone groups is 1. The summed E-state index contributed by atoms with van der Waals surface area (Å²) < 4.78 is 22.5. The first kappa shape index (κ1) is 12.8. The number of carbonyl (C=O) groups is 1. The van der Waals surface area contributed by atoms with E-state index in [0.29, 0.717) is 13.0 Å². The van der Waals surface area contributed by atoms with Crippen LogP contribution in [0.2, 0.25) is 0 Å². The van der Waals surface area contributed by atoms with Gasteiger partial charge in [0.2, 0.25) is 5.91 Å². The van der Waals surface area contributed by atoms with E-state index in [4.69, 9.17) is 5.11 Å². The summed E-state index contributed by atoms with van der Waals surface area (Å²) in [6.45, 7) is 0.719. The maximum atomic E-state index is 11.8. The van der Waals surface area contributed by atoms with Crippen LogP contribution in [0.4, 0.5) is 0 Å². The molecule has 5 nitrogen and oxygen atoms in total. The van der Waals surface area contributed by atoms with Crippen LogP contribution in [0.25, 0.3) is 0 Å². The van der Waals surface area contributed by atoms with Crippen molar-refractivity contribution in [3.05, 3.63) is 0 Å². The van der Waals surface area contributed by atoms with Crippen molar-refractivity contribution in [2.75, 3.05) is 24.7 Å². The lowest BCUT2D eigenvalue weighted by Crippen LogP contribution is -2.35. The van der Waals surface area contributed by atoms with Crippen molar-refractivity contribution >= 4 is 15.7 Å². The van der Waals surface area contributed by atoms with Crippen LogP contribution in [0.15, 0.2) is 0 Å². The molecule has 2 aliphatic rings. The van der Waals surface area contributed by atoms with Crippen molar-refractivity contribution < 1.29 is 18.3 Å². The monoisotopic (exact) mass is 261 g/mol. The first-order valence-corrected chi connectivity index (χ1v) is 7.88. The predicted octanol–water partition coefficient (Wildman–Crippen LogP) is -0.300. The number of aliphatic hydroxyl groups is 1. The molecule has 6 heteroatoms. The third-order valence-electron chi connectivity index (χ3n) is 3.84. The largest absolute Gasteiger partial charge is 0.396 e. The summed E-state index contributed by atoms with van der Waals surface area (Å²) in [5.41, 5.74) is 0.0852. The summed E-state index contributed by atoms with van der Waals surface area (Å²) in [7, 11) is -2.99. The molecule has 17 heavy (non-hydrogen) atoms. The summed E-state index contributed by atoms with van der Waals surface area (Å²) in [5, 5.41) is 11.7. The van der Waals surface area contributed by atoms with E-state index in [1.807, 2.05) is 0 Å². The average Bonchev–Trinajstić information content (AvgIpc) is 2.93. The molecule has 1 heterocycles. The summed E-state index contributed by atoms with van der Waals surface area (Å²) in [6.07, 6.45) is 3.24. The second kappa shape index (κ2) is 4.57. The molecule has 1 aliphatic carbocycles. The maximum absolute atomic E-state index is 11.8. The van der Waals surface area contributed by atoms with Crippen molar-refractivity contribution in [2.45, 2.75) is 25.7 Å². The molecule has 0 spiro atoms. The van der Waals surface area contributed by atoms with E-state index in [1.54, 1.807) is 0 Å². The fourth-order valence-electron chi connectivity index (χ4n) is 2.35. The van der Waals surface area contributed by atoms with E-state index < -0.39 is 9.84 Å². The Morgan fingerprint density at radius 3 is 2.59 bits per heavy atom. The van der Waals surface area contributed by atoms with E-state index in [2.05, 4.69) is 5.32 Å². The normalized spacial score (nSPS) is 28.9. The fourth-order valence-corrected chi connectivity index (χ4v) is 4.09. The first-order chi connectivity index (χ1) is 7.96. The Morgan fingerprint density at radius 2 is 2.12 bits per heavy atom. The Kier molecular flexibility index (Phi) is 3.45. The van der Waals surface area contributed by atoms with Gasteiger partial charge in [0.15, 0.2) is 9.84 Å². The summed E-state index contributed by atoms with van der Waals surface area (Å²) in [6, 6.07) is 0. The summed E-state index contributed by atoms with van der Waals surface area (Å²) in [4.78, 5) is 11.8. The standard InChI is InChI=1S/C11H19NO4S/c13-5-4-11(2-3-11)8-12-10(14)9-1-6-17(15,16)7-9/h9,13H,1-8H2,(H,12,14). The Bertz CT molecular complexity index is 400. The molecule has 2 rings (SSSR count). The molecular formula is C11H19NO4S. The van der Waals surface area contributed by atoms with Crippen molar-refractivity contribution in [3.63, 3.8) is 0 Å². The van der Waals surface area contributed by atoms with Crippen molar-refractivity contribution in [1.82, 2.24) is 5.32 Å². The van der Waals surface area contributed by atoms with E-state index in [9.17, 15) is 13.2 Å². The molecule has 2 N–H and O–H groups in total. The van der Waals surface area contributed by atoms with Gasteiger partial charge in [0.1, 0.15) is 0 Å². The van der Waals surface area contributed by atoms with Crippen LogP contribution in [0.5, 0.6) is 0 Å². The smallest absolute Gasteiger partial charge is 0.224 e. The van der Waals surface area contributed by atoms with Crippen molar-refractivity contribution in [1.29, 1.82) is 0 Å². The molecule has 0 bridgehead atoms. The number of hydrogen-bond donors (Lipinski definition) is 2. The average molecular weight is 261 g/mol. The fraction of sp³-hybridized carbons (Fsp3) is 0.909. The van der Waals surface area contributed by atoms with Gasteiger partial charge in [-0.25, -0.2) is 8.42 Å². The molecule has 1 atom stereocenters. The zero-order valence-electron chi connectivity index (χ0n) is 9.81. The van der Waals surface area contributed by atoms with Crippen molar-refractivity contribution in [2.24, 2.45) is 11.3 Å². The van der Waals surface area contributed by atoms with Gasteiger partial charge in [-0.3, -0.25) is 4.79 Å². The zero-order valence-corrected chi connectivity index (χ0v) is 10.6. The quantitative estimate of drug-likeness (QED) is 0.711. The maximum Gasteiger partial charge on any atom is 0.224 e. The van der Waals surface area contributed by atoms with Crippen LogP contribution in [-0.2, 0) is 14.6 Å². The molecule has 1 saturated heterocycles. The highest BCUT2D eigenvalue weighted by Gasteiger charge is 2.42. The molecule has 0 aromatic carbocycles. The van der Waals surface area contributed by atoms with Crippen LogP contribution >= 0.6 is 0 Å². The highest BCUT2D eigenvalue weighted by atomic mass is 32.2. The second-order valence-electron chi connectivity index (χ2n) is 5.29. The second-order valence-corrected chi connectivity index (χ2v) is 7.52. The van der Waals surface area contributed by atoms with Gasteiger partial charge in [-0.05, 0) is 31.1 Å². The zero-order chi connectivity index (χ0) is 12.5. The lowest BCUT2D eigenvalue weighted by Gasteiger charge is -2.16. The van der Waals surface area contributed by atoms with Gasteiger partial charge in [0.25, 0.3) is 0 Å². The highest BCUT2D eigenvalue weighted by molar-refractivity contribution is 7.91. The Morgan fingerprint density at radius 1 is 1.41 bits per heavy atom. The van der Waals surface area contributed by atoms with Gasteiger partial charge in [0, 0.05) is 13.2 Å². The lowest BCUT2D eigenvalue weighted by molar-refractivity contribution is -0.124. The van der Waals surface area contributed by atoms with E-state index in [-0.39, 0.29) is 35.4 Å². The minimum absolute atomic E-state index is 0.00810. The van der Waals surface area contributed by atoms with E-state index in [0.717, 1.165) is 19.3 Å². The Hall–Kier alpha value is -0.620. The summed E-state index contributed by atoms with van der Waals surface area (Å²) >= 11 is 0. The molecule has 2 fully saturated rings. The van der Waals surface area contributed by atoms with Gasteiger partial charge in [-0.2, -0.15) is 0 Å². The van der Waals surface area contributed by atoms with Gasteiger partial charge >= 0.3 is 0 Å². The molecule has 1 unspecified atom stereocenters. The predicted molar refractivity (Wildman–Crippen MR) is 63.1 cm³/mol. The van der Waals surface area contributed by atoms with E-state index in [1.165, 1.54) is 0 Å². The van der Waals surface area contributed by atoms with Gasteiger partial charge < -0.3 is 10.4 Å². The third kappa shape index (κ3) is 3.19. The SMILES string of the molecule is O=C(NCC1(CCO)CC1)C1CCS(=O)(=O)C1. The number of amides is 1. The first-order valence-electron chi connectivity index (χ1n) is 6.05. The lowest BCUT2D eigenvalue weighted by atomic mass is 10.0. The Balaban J connectivity index is 1.79. The van der Waals surface area contributed by atoms with Crippen LogP contribution in [0.3, 0.4) is 0 Å². The molecule has 0 radical (unpaired) electrons. The molecule has 1 amide bonds. The molecule has 98 valence electrons. The molecule has 1 saturated carbocycles. The topological polar surface area (TPSA) is 83.5 Å². The molecular weight excluding hydrogens is 242 g/mol. The molecule has 0 aromatic heterocycles. The van der Waals surface area contributed by atoms with E-state index >= 15 is 0 Å².